The lowest BCUT2D eigenvalue weighted by molar-refractivity contribution is 0.108. The topological polar surface area (TPSA) is 73.5 Å². The summed E-state index contributed by atoms with van der Waals surface area (Å²) in [5.74, 6) is 0.628. The Bertz CT molecular complexity index is 438. The van der Waals surface area contributed by atoms with Gasteiger partial charge in [-0.2, -0.15) is 0 Å². The summed E-state index contributed by atoms with van der Waals surface area (Å²) in [5, 5.41) is 9.21. The van der Waals surface area contributed by atoms with Crippen molar-refractivity contribution in [2.75, 3.05) is 0 Å². The van der Waals surface area contributed by atoms with Crippen molar-refractivity contribution >= 4 is 12.1 Å². The van der Waals surface area contributed by atoms with E-state index in [1.54, 1.807) is 0 Å². The highest BCUT2D eigenvalue weighted by molar-refractivity contribution is 5.97. The van der Waals surface area contributed by atoms with Crippen molar-refractivity contribution < 1.29 is 9.59 Å². The van der Waals surface area contributed by atoms with E-state index in [2.05, 4.69) is 22.9 Å². The first kappa shape index (κ1) is 16.6. The van der Waals surface area contributed by atoms with Gasteiger partial charge in [0.2, 0.25) is 0 Å². The number of carbonyl (C=O) groups excluding carboxylic acids is 2. The lowest BCUT2D eigenvalue weighted by Crippen LogP contribution is -2.72. The molecule has 23 heavy (non-hydrogen) atoms. The Morgan fingerprint density at radius 2 is 1.61 bits per heavy atom. The van der Waals surface area contributed by atoms with E-state index in [0.29, 0.717) is 5.92 Å². The van der Waals surface area contributed by atoms with Gasteiger partial charge in [0.15, 0.2) is 6.29 Å². The molecule has 1 aliphatic heterocycles. The number of hydrogen-bond acceptors (Lipinski definition) is 3. The fourth-order valence-electron chi connectivity index (χ4n) is 4.47. The molecule has 1 atom stereocenters. The maximum atomic E-state index is 12.5. The van der Waals surface area contributed by atoms with E-state index in [1.807, 2.05) is 6.92 Å². The van der Waals surface area contributed by atoms with Gasteiger partial charge >= 0.3 is 12.1 Å². The van der Waals surface area contributed by atoms with Crippen LogP contribution in [0.1, 0.15) is 71.6 Å². The molecule has 0 radical (unpaired) electrons. The zero-order valence-corrected chi connectivity index (χ0v) is 14.4. The Balaban J connectivity index is 1.58. The molecule has 0 unspecified atom stereocenters. The van der Waals surface area contributed by atoms with E-state index in [9.17, 15) is 9.59 Å². The van der Waals surface area contributed by atoms with Crippen LogP contribution >= 0.6 is 0 Å². The molecule has 130 valence electrons. The number of amides is 4. The minimum atomic E-state index is -0.465. The largest absolute Gasteiger partial charge is 0.328 e. The number of nitrogens with one attached hydrogen (secondary N) is 3. The molecule has 6 nitrogen and oxygen atoms in total. The molecule has 0 spiro atoms. The van der Waals surface area contributed by atoms with Crippen LogP contribution in [-0.4, -0.2) is 34.8 Å². The third-order valence-corrected chi connectivity index (χ3v) is 5.95. The summed E-state index contributed by atoms with van der Waals surface area (Å²) in [6, 6.07) is -0.257. The summed E-state index contributed by atoms with van der Waals surface area (Å²) in [6.45, 7) is 4.16. The molecule has 2 saturated carbocycles. The van der Waals surface area contributed by atoms with E-state index in [0.717, 1.165) is 25.7 Å². The Kier molecular flexibility index (Phi) is 4.80. The monoisotopic (exact) mass is 322 g/mol. The van der Waals surface area contributed by atoms with Crippen LogP contribution in [-0.2, 0) is 0 Å². The molecule has 3 fully saturated rings. The molecule has 2 aliphatic carbocycles. The Morgan fingerprint density at radius 1 is 1.04 bits per heavy atom. The molecule has 3 rings (SSSR count). The van der Waals surface area contributed by atoms with Crippen molar-refractivity contribution in [1.29, 1.82) is 0 Å². The van der Waals surface area contributed by atoms with Crippen molar-refractivity contribution in [3.05, 3.63) is 0 Å². The van der Waals surface area contributed by atoms with Gasteiger partial charge in [0.1, 0.15) is 0 Å². The first-order valence-corrected chi connectivity index (χ1v) is 9.17. The third-order valence-electron chi connectivity index (χ3n) is 5.95. The van der Waals surface area contributed by atoms with Crippen LogP contribution in [0.25, 0.3) is 0 Å². The van der Waals surface area contributed by atoms with Gasteiger partial charge in [-0.05, 0) is 45.4 Å². The molecule has 0 aromatic rings. The SMILES string of the molecule is C[C@H](NC1NC(=O)N(C2(C)CCCC2)C(=O)N1)C1CCCCC1. The maximum absolute atomic E-state index is 12.5. The first-order chi connectivity index (χ1) is 11.0. The fourth-order valence-corrected chi connectivity index (χ4v) is 4.47. The van der Waals surface area contributed by atoms with E-state index >= 15 is 0 Å². The van der Waals surface area contributed by atoms with Crippen LogP contribution in [0.4, 0.5) is 9.59 Å². The highest BCUT2D eigenvalue weighted by atomic mass is 16.2. The zero-order chi connectivity index (χ0) is 16.4. The van der Waals surface area contributed by atoms with E-state index in [-0.39, 0.29) is 23.6 Å². The Morgan fingerprint density at radius 3 is 2.17 bits per heavy atom. The summed E-state index contributed by atoms with van der Waals surface area (Å²) in [7, 11) is 0. The van der Waals surface area contributed by atoms with Crippen molar-refractivity contribution in [1.82, 2.24) is 20.9 Å². The second-order valence-corrected chi connectivity index (χ2v) is 7.72. The van der Waals surface area contributed by atoms with Crippen LogP contribution in [0.2, 0.25) is 0 Å². The molecule has 6 heteroatoms. The number of carbonyl (C=O) groups is 2. The molecule has 1 saturated heterocycles. The predicted molar refractivity (Wildman–Crippen MR) is 88.7 cm³/mol. The number of nitrogens with zero attached hydrogens (tertiary/aromatic N) is 1. The highest BCUT2D eigenvalue weighted by Gasteiger charge is 2.45. The van der Waals surface area contributed by atoms with Crippen LogP contribution in [0.15, 0.2) is 0 Å². The van der Waals surface area contributed by atoms with E-state index < -0.39 is 6.29 Å². The molecular formula is C17H30N4O2. The van der Waals surface area contributed by atoms with Crippen LogP contribution in [0.5, 0.6) is 0 Å². The minimum Gasteiger partial charge on any atom is -0.304 e. The molecule has 0 aromatic carbocycles. The van der Waals surface area contributed by atoms with Gasteiger partial charge in [-0.1, -0.05) is 32.1 Å². The highest BCUT2D eigenvalue weighted by Crippen LogP contribution is 2.35. The summed E-state index contributed by atoms with van der Waals surface area (Å²) < 4.78 is 0. The normalized spacial score (nSPS) is 27.7. The van der Waals surface area contributed by atoms with Gasteiger partial charge in [0, 0.05) is 6.04 Å². The molecule has 4 amide bonds. The van der Waals surface area contributed by atoms with Crippen molar-refractivity contribution in [3.8, 4) is 0 Å². The summed E-state index contributed by atoms with van der Waals surface area (Å²) >= 11 is 0. The van der Waals surface area contributed by atoms with Gasteiger partial charge in [0.05, 0.1) is 5.54 Å². The second-order valence-electron chi connectivity index (χ2n) is 7.72. The Hall–Kier alpha value is -1.30. The molecule has 3 aliphatic rings. The van der Waals surface area contributed by atoms with E-state index in [1.165, 1.54) is 37.0 Å². The molecule has 1 heterocycles. The number of hydrogen-bond donors (Lipinski definition) is 3. The lowest BCUT2D eigenvalue weighted by Gasteiger charge is -2.43. The molecule has 3 N–H and O–H groups in total. The zero-order valence-electron chi connectivity index (χ0n) is 14.4. The summed E-state index contributed by atoms with van der Waals surface area (Å²) in [6.07, 6.45) is 9.83. The predicted octanol–water partition coefficient (Wildman–Crippen LogP) is 2.90. The number of imide groups is 1. The van der Waals surface area contributed by atoms with Crippen molar-refractivity contribution in [2.45, 2.75) is 89.5 Å². The van der Waals surface area contributed by atoms with Gasteiger partial charge < -0.3 is 10.6 Å². The van der Waals surface area contributed by atoms with Crippen LogP contribution in [0.3, 0.4) is 0 Å². The maximum Gasteiger partial charge on any atom is 0.328 e. The molecule has 0 aromatic heterocycles. The van der Waals surface area contributed by atoms with Gasteiger partial charge in [-0.15, -0.1) is 0 Å². The third kappa shape index (κ3) is 3.47. The average Bonchev–Trinajstić information content (AvgIpc) is 2.94. The Labute approximate surface area is 138 Å². The van der Waals surface area contributed by atoms with Gasteiger partial charge in [0.25, 0.3) is 0 Å². The quantitative estimate of drug-likeness (QED) is 0.745. The molecular weight excluding hydrogens is 292 g/mol. The van der Waals surface area contributed by atoms with Crippen molar-refractivity contribution in [2.24, 2.45) is 5.92 Å². The number of urea groups is 2. The minimum absolute atomic E-state index is 0.272. The molecule has 0 bridgehead atoms. The summed E-state index contributed by atoms with van der Waals surface area (Å²) in [4.78, 5) is 26.4. The average molecular weight is 322 g/mol. The second kappa shape index (κ2) is 6.67. The van der Waals surface area contributed by atoms with Crippen molar-refractivity contribution in [3.63, 3.8) is 0 Å². The fraction of sp³-hybridized carbons (Fsp3) is 0.882. The van der Waals surface area contributed by atoms with E-state index in [4.69, 9.17) is 0 Å². The standard InChI is InChI=1S/C17H30N4O2/c1-12(13-8-4-3-5-9-13)18-14-19-15(22)21(16(23)20-14)17(2)10-6-7-11-17/h12-14,18H,3-11H2,1-2H3,(H,19,22)(H,20,23)/t12-/m0/s1. The van der Waals surface area contributed by atoms with Crippen LogP contribution in [0, 0.1) is 5.92 Å². The lowest BCUT2D eigenvalue weighted by atomic mass is 9.84. The van der Waals surface area contributed by atoms with Crippen LogP contribution < -0.4 is 16.0 Å². The summed E-state index contributed by atoms with van der Waals surface area (Å²) in [5.41, 5.74) is -0.339. The first-order valence-electron chi connectivity index (χ1n) is 9.17. The van der Waals surface area contributed by atoms with Gasteiger partial charge in [-0.25, -0.2) is 14.5 Å². The number of rotatable bonds is 4. The smallest absolute Gasteiger partial charge is 0.304 e. The van der Waals surface area contributed by atoms with Gasteiger partial charge in [-0.3, -0.25) is 5.32 Å².